The third-order valence-electron chi connectivity index (χ3n) is 3.16. The Morgan fingerprint density at radius 2 is 2.10 bits per heavy atom. The van der Waals surface area contributed by atoms with Gasteiger partial charge < -0.3 is 5.11 Å². The summed E-state index contributed by atoms with van der Waals surface area (Å²) in [5, 5.41) is 10.8. The van der Waals surface area contributed by atoms with Crippen molar-refractivity contribution in [2.24, 2.45) is 0 Å². The van der Waals surface area contributed by atoms with Crippen molar-refractivity contribution in [2.75, 3.05) is 6.54 Å². The maximum atomic E-state index is 12.5. The van der Waals surface area contributed by atoms with Gasteiger partial charge in [-0.15, -0.1) is 22.7 Å². The van der Waals surface area contributed by atoms with Gasteiger partial charge in [0.05, 0.1) is 0 Å². The number of nitrogens with zero attached hydrogens (tertiary/aromatic N) is 1. The number of carboxylic acids is 1. The van der Waals surface area contributed by atoms with Crippen LogP contribution in [0.25, 0.3) is 0 Å². The number of fused-ring (bicyclic) bond motifs is 1. The zero-order valence-corrected chi connectivity index (χ0v) is 12.7. The molecule has 20 heavy (non-hydrogen) atoms. The molecular formula is C12H11NO4S3. The molecule has 0 fully saturated rings. The highest BCUT2D eigenvalue weighted by atomic mass is 32.2. The lowest BCUT2D eigenvalue weighted by Crippen LogP contribution is -2.34. The Bertz CT molecular complexity index is 759. The lowest BCUT2D eigenvalue weighted by molar-refractivity contribution is 0.0702. The molecule has 0 radical (unpaired) electrons. The maximum Gasteiger partial charge on any atom is 0.345 e. The first-order chi connectivity index (χ1) is 9.48. The molecule has 0 aromatic carbocycles. The van der Waals surface area contributed by atoms with Crippen LogP contribution in [0.4, 0.5) is 0 Å². The minimum Gasteiger partial charge on any atom is -0.477 e. The second kappa shape index (κ2) is 4.96. The molecule has 0 unspecified atom stereocenters. The van der Waals surface area contributed by atoms with Gasteiger partial charge in [-0.25, -0.2) is 13.2 Å². The Hall–Kier alpha value is -1.22. The number of sulfonamides is 1. The second-order valence-corrected chi connectivity index (χ2v) is 8.63. The van der Waals surface area contributed by atoms with E-state index in [2.05, 4.69) is 0 Å². The summed E-state index contributed by atoms with van der Waals surface area (Å²) >= 11 is 2.44. The Kier molecular flexibility index (Phi) is 3.41. The molecule has 0 saturated heterocycles. The molecule has 1 aliphatic heterocycles. The first-order valence-electron chi connectivity index (χ1n) is 5.87. The van der Waals surface area contributed by atoms with Crippen molar-refractivity contribution in [1.29, 1.82) is 0 Å². The average molecular weight is 329 g/mol. The third-order valence-corrected chi connectivity index (χ3v) is 7.57. The minimum atomic E-state index is -3.60. The van der Waals surface area contributed by atoms with Crippen LogP contribution in [0.3, 0.4) is 0 Å². The van der Waals surface area contributed by atoms with Gasteiger partial charge >= 0.3 is 5.97 Å². The quantitative estimate of drug-likeness (QED) is 0.937. The predicted molar refractivity (Wildman–Crippen MR) is 76.9 cm³/mol. The van der Waals surface area contributed by atoms with Crippen LogP contribution in [-0.4, -0.2) is 30.3 Å². The van der Waals surface area contributed by atoms with Gasteiger partial charge in [0.25, 0.3) is 10.0 Å². The van der Waals surface area contributed by atoms with Crippen LogP contribution in [0, 0.1) is 0 Å². The van der Waals surface area contributed by atoms with Crippen LogP contribution in [-0.2, 0) is 23.0 Å². The summed E-state index contributed by atoms with van der Waals surface area (Å²) in [5.74, 6) is -1.10. The van der Waals surface area contributed by atoms with E-state index in [9.17, 15) is 13.2 Å². The van der Waals surface area contributed by atoms with E-state index >= 15 is 0 Å². The van der Waals surface area contributed by atoms with Gasteiger partial charge in [0, 0.05) is 18.0 Å². The van der Waals surface area contributed by atoms with Crippen LogP contribution in [0.2, 0.25) is 0 Å². The lowest BCUT2D eigenvalue weighted by Gasteiger charge is -2.25. The monoisotopic (exact) mass is 329 g/mol. The Morgan fingerprint density at radius 1 is 1.30 bits per heavy atom. The van der Waals surface area contributed by atoms with Gasteiger partial charge in [-0.2, -0.15) is 4.31 Å². The largest absolute Gasteiger partial charge is 0.477 e. The van der Waals surface area contributed by atoms with Gasteiger partial charge in [0.1, 0.15) is 9.09 Å². The van der Waals surface area contributed by atoms with E-state index in [1.807, 2.05) is 11.4 Å². The molecule has 1 aliphatic rings. The van der Waals surface area contributed by atoms with Gasteiger partial charge in [0.15, 0.2) is 0 Å². The number of rotatable bonds is 3. The molecule has 0 spiro atoms. The summed E-state index contributed by atoms with van der Waals surface area (Å²) in [6.07, 6.45) is 0.712. The third kappa shape index (κ3) is 2.28. The van der Waals surface area contributed by atoms with Crippen molar-refractivity contribution in [3.8, 4) is 0 Å². The molecular weight excluding hydrogens is 318 g/mol. The Labute approximate surface area is 124 Å². The number of thiophene rings is 2. The number of hydrogen-bond donors (Lipinski definition) is 1. The van der Waals surface area contributed by atoms with E-state index in [0.717, 1.165) is 16.9 Å². The van der Waals surface area contributed by atoms with E-state index in [1.165, 1.54) is 21.3 Å². The maximum absolute atomic E-state index is 12.5. The summed E-state index contributed by atoms with van der Waals surface area (Å²) in [5.41, 5.74) is 1.04. The van der Waals surface area contributed by atoms with E-state index in [-0.39, 0.29) is 9.09 Å². The first kappa shape index (κ1) is 13.7. The van der Waals surface area contributed by atoms with Crippen molar-refractivity contribution in [3.05, 3.63) is 38.9 Å². The predicted octanol–water partition coefficient (Wildman–Crippen LogP) is 2.25. The molecule has 8 heteroatoms. The smallest absolute Gasteiger partial charge is 0.345 e. The average Bonchev–Trinajstić information content (AvgIpc) is 3.07. The van der Waals surface area contributed by atoms with Crippen LogP contribution in [0.15, 0.2) is 27.8 Å². The molecule has 106 valence electrons. The van der Waals surface area contributed by atoms with Crippen molar-refractivity contribution in [2.45, 2.75) is 17.2 Å². The highest BCUT2D eigenvalue weighted by Crippen LogP contribution is 2.30. The van der Waals surface area contributed by atoms with E-state index in [4.69, 9.17) is 5.11 Å². The SMILES string of the molecule is O=C(O)c1ccc(S(=O)(=O)N2CCc3sccc3C2)s1. The number of carboxylic acid groups (broad SMARTS) is 1. The Balaban J connectivity index is 1.90. The summed E-state index contributed by atoms with van der Waals surface area (Å²) in [4.78, 5) is 12.1. The normalized spacial score (nSPS) is 16.0. The van der Waals surface area contributed by atoms with Crippen molar-refractivity contribution in [1.82, 2.24) is 4.31 Å². The molecule has 0 amide bonds. The van der Waals surface area contributed by atoms with Crippen LogP contribution >= 0.6 is 22.7 Å². The highest BCUT2D eigenvalue weighted by Gasteiger charge is 2.30. The molecule has 5 nitrogen and oxygen atoms in total. The molecule has 3 heterocycles. The van der Waals surface area contributed by atoms with Gasteiger partial charge in [-0.3, -0.25) is 0 Å². The summed E-state index contributed by atoms with van der Waals surface area (Å²) in [6.45, 7) is 0.803. The van der Waals surface area contributed by atoms with Crippen molar-refractivity contribution >= 4 is 38.7 Å². The lowest BCUT2D eigenvalue weighted by atomic mass is 10.1. The van der Waals surface area contributed by atoms with Gasteiger partial charge in [-0.05, 0) is 35.6 Å². The first-order valence-corrected chi connectivity index (χ1v) is 9.00. The summed E-state index contributed by atoms with van der Waals surface area (Å²) in [6, 6.07) is 4.64. The van der Waals surface area contributed by atoms with Crippen LogP contribution < -0.4 is 0 Å². The van der Waals surface area contributed by atoms with E-state index < -0.39 is 16.0 Å². The Morgan fingerprint density at radius 3 is 2.80 bits per heavy atom. The molecule has 0 atom stereocenters. The number of aromatic carboxylic acids is 1. The fraction of sp³-hybridized carbons (Fsp3) is 0.250. The minimum absolute atomic E-state index is 0.0387. The fourth-order valence-corrected chi connectivity index (χ4v) is 5.74. The molecule has 3 rings (SSSR count). The standard InChI is InChI=1S/C12H11NO4S3/c14-12(15)10-1-2-11(19-10)20(16,17)13-5-3-9-8(7-13)4-6-18-9/h1-2,4,6H,3,5,7H2,(H,14,15). The van der Waals surface area contributed by atoms with Crippen LogP contribution in [0.5, 0.6) is 0 Å². The molecule has 2 aromatic heterocycles. The fourth-order valence-electron chi connectivity index (χ4n) is 2.13. The van der Waals surface area contributed by atoms with E-state index in [0.29, 0.717) is 19.5 Å². The van der Waals surface area contributed by atoms with Crippen molar-refractivity contribution < 1.29 is 18.3 Å². The molecule has 1 N–H and O–H groups in total. The topological polar surface area (TPSA) is 74.7 Å². The van der Waals surface area contributed by atoms with Gasteiger partial charge in [-0.1, -0.05) is 0 Å². The molecule has 0 bridgehead atoms. The zero-order valence-electron chi connectivity index (χ0n) is 10.3. The number of hydrogen-bond acceptors (Lipinski definition) is 5. The second-order valence-electron chi connectivity index (χ2n) is 4.38. The summed E-state index contributed by atoms with van der Waals surface area (Å²) < 4.78 is 26.5. The zero-order chi connectivity index (χ0) is 14.3. The summed E-state index contributed by atoms with van der Waals surface area (Å²) in [7, 11) is -3.60. The molecule has 0 aliphatic carbocycles. The van der Waals surface area contributed by atoms with Gasteiger partial charge in [0.2, 0.25) is 0 Å². The number of carbonyl (C=O) groups is 1. The van der Waals surface area contributed by atoms with Crippen LogP contribution in [0.1, 0.15) is 20.1 Å². The highest BCUT2D eigenvalue weighted by molar-refractivity contribution is 7.91. The molecule has 0 saturated carbocycles. The van der Waals surface area contributed by atoms with Crippen molar-refractivity contribution in [3.63, 3.8) is 0 Å². The van der Waals surface area contributed by atoms with E-state index in [1.54, 1.807) is 11.3 Å². The molecule has 2 aromatic rings.